The summed E-state index contributed by atoms with van der Waals surface area (Å²) in [6.45, 7) is 8.83. The second-order valence-corrected chi connectivity index (χ2v) is 6.30. The Morgan fingerprint density at radius 1 is 0.957 bits per heavy atom. The number of quaternary nitrogens is 1. The molecule has 0 aromatic rings. The molecule has 5 nitrogen and oxygen atoms in total. The zero-order chi connectivity index (χ0) is 18.1. The lowest BCUT2D eigenvalue weighted by Crippen LogP contribution is -2.53. The van der Waals surface area contributed by atoms with Crippen LogP contribution in [-0.4, -0.2) is 35.0 Å². The molecular formula is C18H40N2O3. The summed E-state index contributed by atoms with van der Waals surface area (Å²) in [6.07, 6.45) is 11.2. The van der Waals surface area contributed by atoms with Gasteiger partial charge in [-0.1, -0.05) is 58.3 Å². The maximum absolute atomic E-state index is 11.4. The number of nitrogens with zero attached hydrogens (tertiary/aromatic N) is 1. The van der Waals surface area contributed by atoms with Gasteiger partial charge in [-0.3, -0.25) is 10.5 Å². The minimum absolute atomic E-state index is 0.278. The summed E-state index contributed by atoms with van der Waals surface area (Å²) in [7, 11) is 0. The van der Waals surface area contributed by atoms with Crippen LogP contribution < -0.4 is 5.73 Å². The molecule has 0 spiro atoms. The Hall–Kier alpha value is -0.650. The van der Waals surface area contributed by atoms with E-state index in [-0.39, 0.29) is 10.8 Å². The van der Waals surface area contributed by atoms with Gasteiger partial charge in [-0.2, -0.15) is 0 Å². The molecule has 0 aromatic heterocycles. The van der Waals surface area contributed by atoms with E-state index < -0.39 is 5.97 Å². The highest BCUT2D eigenvalue weighted by Gasteiger charge is 2.15. The largest absolute Gasteiger partial charge is 0.632 e. The molecule has 5 heteroatoms. The van der Waals surface area contributed by atoms with Crippen molar-refractivity contribution < 1.29 is 14.5 Å². The van der Waals surface area contributed by atoms with Crippen molar-refractivity contribution in [3.63, 3.8) is 0 Å². The van der Waals surface area contributed by atoms with Crippen molar-refractivity contribution in [3.05, 3.63) is 5.21 Å². The predicted octanol–water partition coefficient (Wildman–Crippen LogP) is 4.64. The van der Waals surface area contributed by atoms with E-state index in [4.69, 9.17) is 10.8 Å². The van der Waals surface area contributed by atoms with Crippen LogP contribution in [0, 0.1) is 5.21 Å². The Labute approximate surface area is 143 Å². The first-order chi connectivity index (χ1) is 10.8. The minimum Gasteiger partial charge on any atom is -0.632 e. The van der Waals surface area contributed by atoms with E-state index in [0.29, 0.717) is 19.5 Å². The minimum atomic E-state index is -0.659. The molecule has 1 atom stereocenters. The standard InChI is InChI=1S/C12H24O2.C6H16N2O/c1-2-3-4-5-6-7-8-9-10-11-12(13)14;1-4-8(9,5-2)6(3)7/h2-11H2,1H3,(H,13,14);6H,4-5,7H2,1-3H3. The molecule has 0 aliphatic rings. The summed E-state index contributed by atoms with van der Waals surface area (Å²) in [5.74, 6) is -0.659. The van der Waals surface area contributed by atoms with Crippen molar-refractivity contribution >= 4 is 5.97 Å². The van der Waals surface area contributed by atoms with Gasteiger partial charge in [0, 0.05) is 13.3 Å². The highest BCUT2D eigenvalue weighted by molar-refractivity contribution is 5.66. The third-order valence-corrected chi connectivity index (χ3v) is 4.31. The normalized spacial score (nSPS) is 12.4. The van der Waals surface area contributed by atoms with E-state index in [1.165, 1.54) is 44.9 Å². The van der Waals surface area contributed by atoms with Gasteiger partial charge in [0.2, 0.25) is 0 Å². The molecule has 0 amide bonds. The molecule has 0 fully saturated rings. The number of rotatable bonds is 13. The van der Waals surface area contributed by atoms with Crippen LogP contribution in [0.1, 0.15) is 91.9 Å². The fourth-order valence-electron chi connectivity index (χ4n) is 2.39. The Morgan fingerprint density at radius 2 is 1.35 bits per heavy atom. The molecule has 0 bridgehead atoms. The van der Waals surface area contributed by atoms with Gasteiger partial charge in [-0.15, -0.1) is 0 Å². The van der Waals surface area contributed by atoms with Gasteiger partial charge < -0.3 is 15.0 Å². The summed E-state index contributed by atoms with van der Waals surface area (Å²) < 4.78 is -0.278. The number of nitrogens with two attached hydrogens (primary N) is 1. The number of carboxylic acid groups (broad SMARTS) is 1. The molecule has 0 aliphatic heterocycles. The number of carbonyl (C=O) groups is 1. The molecule has 0 radical (unpaired) electrons. The first-order valence-electron chi connectivity index (χ1n) is 9.39. The first-order valence-corrected chi connectivity index (χ1v) is 9.39. The van der Waals surface area contributed by atoms with Gasteiger partial charge in [0.15, 0.2) is 0 Å². The molecule has 3 N–H and O–H groups in total. The van der Waals surface area contributed by atoms with E-state index in [0.717, 1.165) is 12.8 Å². The van der Waals surface area contributed by atoms with E-state index in [2.05, 4.69) is 6.92 Å². The second kappa shape index (κ2) is 16.2. The van der Waals surface area contributed by atoms with Crippen LogP contribution in [-0.2, 0) is 4.79 Å². The Bertz CT molecular complexity index is 267. The van der Waals surface area contributed by atoms with Crippen molar-refractivity contribution in [2.75, 3.05) is 13.1 Å². The van der Waals surface area contributed by atoms with Crippen LogP contribution >= 0.6 is 0 Å². The van der Waals surface area contributed by atoms with E-state index >= 15 is 0 Å². The molecule has 0 rings (SSSR count). The topological polar surface area (TPSA) is 86.4 Å². The average molecular weight is 333 g/mol. The second-order valence-electron chi connectivity index (χ2n) is 6.30. The van der Waals surface area contributed by atoms with Gasteiger partial charge in [-0.05, 0) is 20.3 Å². The van der Waals surface area contributed by atoms with Crippen molar-refractivity contribution in [1.82, 2.24) is 0 Å². The molecule has 0 aliphatic carbocycles. The summed E-state index contributed by atoms with van der Waals surface area (Å²) in [5.41, 5.74) is 5.45. The highest BCUT2D eigenvalue weighted by atomic mass is 16.5. The number of aliphatic carboxylic acids is 1. The zero-order valence-corrected chi connectivity index (χ0v) is 15.9. The molecule has 0 aromatic carbocycles. The van der Waals surface area contributed by atoms with Crippen LogP contribution in [0.5, 0.6) is 0 Å². The van der Waals surface area contributed by atoms with Crippen molar-refractivity contribution in [2.24, 2.45) is 5.73 Å². The average Bonchev–Trinajstić information content (AvgIpc) is 2.52. The maximum Gasteiger partial charge on any atom is 0.303 e. The fourth-order valence-corrected chi connectivity index (χ4v) is 2.39. The van der Waals surface area contributed by atoms with Crippen molar-refractivity contribution in [1.29, 1.82) is 0 Å². The molecule has 0 saturated carbocycles. The van der Waals surface area contributed by atoms with Crippen LogP contribution in [0.15, 0.2) is 0 Å². The third-order valence-electron chi connectivity index (χ3n) is 4.31. The Kier molecular flexibility index (Phi) is 17.3. The number of unbranched alkanes of at least 4 members (excludes halogenated alkanes) is 8. The van der Waals surface area contributed by atoms with Gasteiger partial charge in [0.1, 0.15) is 6.17 Å². The molecule has 1 unspecified atom stereocenters. The lowest BCUT2D eigenvalue weighted by Gasteiger charge is -2.44. The number of hydrogen-bond acceptors (Lipinski definition) is 3. The van der Waals surface area contributed by atoms with E-state index in [1.54, 1.807) is 6.92 Å². The molecular weight excluding hydrogens is 292 g/mol. The SMILES string of the molecule is CCCCCCCCCCCC(=O)O.CC[N+]([O-])(CC)C(C)N. The van der Waals surface area contributed by atoms with Crippen LogP contribution in [0.4, 0.5) is 0 Å². The van der Waals surface area contributed by atoms with E-state index in [9.17, 15) is 10.0 Å². The van der Waals surface area contributed by atoms with E-state index in [1.807, 2.05) is 13.8 Å². The van der Waals surface area contributed by atoms with Crippen LogP contribution in [0.2, 0.25) is 0 Å². The third kappa shape index (κ3) is 16.0. The first kappa shape index (κ1) is 24.6. The summed E-state index contributed by atoms with van der Waals surface area (Å²) >= 11 is 0. The molecule has 23 heavy (non-hydrogen) atoms. The summed E-state index contributed by atoms with van der Waals surface area (Å²) in [6, 6.07) is 0. The lowest BCUT2D eigenvalue weighted by atomic mass is 10.1. The zero-order valence-electron chi connectivity index (χ0n) is 15.9. The molecule has 0 saturated heterocycles. The van der Waals surface area contributed by atoms with Gasteiger partial charge in [-0.25, -0.2) is 0 Å². The quantitative estimate of drug-likeness (QED) is 0.223. The molecule has 140 valence electrons. The predicted molar refractivity (Wildman–Crippen MR) is 97.8 cm³/mol. The molecule has 0 heterocycles. The number of hydroxylamine groups is 3. The number of carboxylic acids is 1. The van der Waals surface area contributed by atoms with Crippen LogP contribution in [0.3, 0.4) is 0 Å². The lowest BCUT2D eigenvalue weighted by molar-refractivity contribution is -0.899. The monoisotopic (exact) mass is 332 g/mol. The Balaban J connectivity index is 0. The maximum atomic E-state index is 11.4. The summed E-state index contributed by atoms with van der Waals surface area (Å²) in [5, 5.41) is 19.8. The number of hydrogen-bond donors (Lipinski definition) is 2. The van der Waals surface area contributed by atoms with Crippen molar-refractivity contribution in [2.45, 2.75) is 98.1 Å². The van der Waals surface area contributed by atoms with Gasteiger partial charge in [0.25, 0.3) is 0 Å². The smallest absolute Gasteiger partial charge is 0.303 e. The van der Waals surface area contributed by atoms with Crippen LogP contribution in [0.25, 0.3) is 0 Å². The Morgan fingerprint density at radius 3 is 1.61 bits per heavy atom. The fraction of sp³-hybridized carbons (Fsp3) is 0.944. The van der Waals surface area contributed by atoms with Gasteiger partial charge >= 0.3 is 5.97 Å². The van der Waals surface area contributed by atoms with Crippen molar-refractivity contribution in [3.8, 4) is 0 Å². The highest BCUT2D eigenvalue weighted by Crippen LogP contribution is 2.10. The van der Waals surface area contributed by atoms with Gasteiger partial charge in [0.05, 0.1) is 13.1 Å². The summed E-state index contributed by atoms with van der Waals surface area (Å²) in [4.78, 5) is 10.2.